The molecule has 9 nitrogen and oxygen atoms in total. The van der Waals surface area contributed by atoms with Crippen molar-refractivity contribution in [3.8, 4) is 0 Å². The molecule has 2 heterocycles. The molecule has 0 aliphatic carbocycles. The minimum Gasteiger partial charge on any atom is -0.477 e. The number of carbonyl (C=O) groups is 2. The zero-order valence-electron chi connectivity index (χ0n) is 15.6. The van der Waals surface area contributed by atoms with Gasteiger partial charge >= 0.3 is 11.9 Å². The molecule has 5 N–H and O–H groups in total. The first-order valence-electron chi connectivity index (χ1n) is 9.14. The van der Waals surface area contributed by atoms with Crippen LogP contribution in [-0.4, -0.2) is 60.3 Å². The highest BCUT2D eigenvalue weighted by Gasteiger charge is 2.21. The first-order chi connectivity index (χ1) is 13.0. The molecule has 0 unspecified atom stereocenters. The van der Waals surface area contributed by atoms with Crippen molar-refractivity contribution < 1.29 is 24.2 Å². The Morgan fingerprint density at radius 3 is 2.37 bits per heavy atom. The van der Waals surface area contributed by atoms with Crippen LogP contribution in [-0.2, 0) is 22.7 Å². The quantitative estimate of drug-likeness (QED) is 0.162. The van der Waals surface area contributed by atoms with E-state index in [4.69, 9.17) is 14.6 Å². The molecule has 0 radical (unpaired) electrons. The second kappa shape index (κ2) is 10.6. The lowest BCUT2D eigenvalue weighted by Crippen LogP contribution is -2.34. The highest BCUT2D eigenvalue weighted by Crippen LogP contribution is 2.15. The van der Waals surface area contributed by atoms with Crippen molar-refractivity contribution in [2.24, 2.45) is 0 Å². The maximum absolute atomic E-state index is 11.0. The number of hydrogen-bond donors (Lipinski definition) is 5. The van der Waals surface area contributed by atoms with Crippen molar-refractivity contribution in [3.05, 3.63) is 35.0 Å². The third-order valence-electron chi connectivity index (χ3n) is 4.38. The maximum Gasteiger partial charge on any atom is 0.346 e. The van der Waals surface area contributed by atoms with Crippen LogP contribution in [0.2, 0.25) is 0 Å². The third-order valence-corrected chi connectivity index (χ3v) is 4.38. The predicted molar refractivity (Wildman–Crippen MR) is 98.9 cm³/mol. The van der Waals surface area contributed by atoms with Gasteiger partial charge in [-0.25, -0.2) is 9.59 Å². The SMILES string of the molecule is CNC(NCCNCc1ccc(CN2CCCCC2)o1)=C(C(=O)O)C(=O)O. The molecule has 1 aliphatic rings. The molecule has 0 bridgehead atoms. The summed E-state index contributed by atoms with van der Waals surface area (Å²) in [6, 6.07) is 3.95. The summed E-state index contributed by atoms with van der Waals surface area (Å²) in [7, 11) is 1.47. The molecule has 1 fully saturated rings. The molecule has 1 aromatic rings. The Balaban J connectivity index is 1.72. The lowest BCUT2D eigenvalue weighted by Gasteiger charge is -2.25. The molecule has 2 rings (SSSR count). The van der Waals surface area contributed by atoms with E-state index in [2.05, 4.69) is 20.9 Å². The number of piperidine rings is 1. The average Bonchev–Trinajstić information content (AvgIpc) is 3.07. The van der Waals surface area contributed by atoms with E-state index in [1.807, 2.05) is 12.1 Å². The van der Waals surface area contributed by atoms with Crippen molar-refractivity contribution in [1.29, 1.82) is 0 Å². The number of furan rings is 1. The fourth-order valence-electron chi connectivity index (χ4n) is 3.03. The van der Waals surface area contributed by atoms with Crippen LogP contribution in [0.5, 0.6) is 0 Å². The number of rotatable bonds is 11. The smallest absolute Gasteiger partial charge is 0.346 e. The molecule has 1 saturated heterocycles. The molecule has 0 amide bonds. The zero-order chi connectivity index (χ0) is 19.6. The van der Waals surface area contributed by atoms with E-state index in [0.29, 0.717) is 19.6 Å². The highest BCUT2D eigenvalue weighted by atomic mass is 16.4. The number of nitrogens with zero attached hydrogens (tertiary/aromatic N) is 1. The van der Waals surface area contributed by atoms with Gasteiger partial charge in [0, 0.05) is 20.1 Å². The first-order valence-corrected chi connectivity index (χ1v) is 9.14. The van der Waals surface area contributed by atoms with Gasteiger partial charge in [-0.3, -0.25) is 4.90 Å². The van der Waals surface area contributed by atoms with E-state index in [0.717, 1.165) is 31.2 Å². The van der Waals surface area contributed by atoms with Crippen molar-refractivity contribution in [2.75, 3.05) is 33.2 Å². The van der Waals surface area contributed by atoms with Crippen LogP contribution in [0.3, 0.4) is 0 Å². The zero-order valence-corrected chi connectivity index (χ0v) is 15.6. The van der Waals surface area contributed by atoms with E-state index < -0.39 is 17.5 Å². The van der Waals surface area contributed by atoms with Gasteiger partial charge in [0.15, 0.2) is 5.57 Å². The predicted octanol–water partition coefficient (Wildman–Crippen LogP) is 0.545. The van der Waals surface area contributed by atoms with Crippen LogP contribution in [0.15, 0.2) is 27.9 Å². The third kappa shape index (κ3) is 6.61. The Labute approximate surface area is 158 Å². The fraction of sp³-hybridized carbons (Fsp3) is 0.556. The van der Waals surface area contributed by atoms with Crippen LogP contribution in [0.25, 0.3) is 0 Å². The number of carboxylic acid groups (broad SMARTS) is 2. The maximum atomic E-state index is 11.0. The van der Waals surface area contributed by atoms with Crippen LogP contribution >= 0.6 is 0 Å². The van der Waals surface area contributed by atoms with Gasteiger partial charge in [-0.05, 0) is 38.1 Å². The van der Waals surface area contributed by atoms with Crippen LogP contribution in [0.1, 0.15) is 30.8 Å². The minimum atomic E-state index is -1.50. The summed E-state index contributed by atoms with van der Waals surface area (Å²) in [4.78, 5) is 24.4. The van der Waals surface area contributed by atoms with E-state index in [9.17, 15) is 9.59 Å². The highest BCUT2D eigenvalue weighted by molar-refractivity contribution is 6.13. The van der Waals surface area contributed by atoms with Crippen LogP contribution < -0.4 is 16.0 Å². The van der Waals surface area contributed by atoms with Gasteiger partial charge in [-0.2, -0.15) is 0 Å². The summed E-state index contributed by atoms with van der Waals surface area (Å²) in [6.45, 7) is 4.50. The summed E-state index contributed by atoms with van der Waals surface area (Å²) in [6.07, 6.45) is 3.80. The second-order valence-electron chi connectivity index (χ2n) is 6.42. The molecule has 0 saturated carbocycles. The lowest BCUT2D eigenvalue weighted by molar-refractivity contribution is -0.140. The lowest BCUT2D eigenvalue weighted by atomic mass is 10.1. The number of likely N-dealkylation sites (tertiary alicyclic amines) is 1. The Kier molecular flexibility index (Phi) is 8.15. The van der Waals surface area contributed by atoms with Crippen LogP contribution in [0, 0.1) is 0 Å². The topological polar surface area (TPSA) is 127 Å². The molecule has 0 spiro atoms. The van der Waals surface area contributed by atoms with E-state index in [1.54, 1.807) is 0 Å². The fourth-order valence-corrected chi connectivity index (χ4v) is 3.03. The molecule has 0 atom stereocenters. The molecule has 0 aromatic carbocycles. The van der Waals surface area contributed by atoms with Crippen molar-refractivity contribution >= 4 is 11.9 Å². The van der Waals surface area contributed by atoms with E-state index in [1.165, 1.54) is 26.3 Å². The molecule has 27 heavy (non-hydrogen) atoms. The summed E-state index contributed by atoms with van der Waals surface area (Å²) in [5.41, 5.74) is -0.717. The van der Waals surface area contributed by atoms with Gasteiger partial charge in [0.05, 0.1) is 13.1 Å². The average molecular weight is 380 g/mol. The monoisotopic (exact) mass is 380 g/mol. The molecular weight excluding hydrogens is 352 g/mol. The Morgan fingerprint density at radius 2 is 1.74 bits per heavy atom. The normalized spacial score (nSPS) is 14.6. The van der Waals surface area contributed by atoms with Crippen molar-refractivity contribution in [2.45, 2.75) is 32.4 Å². The number of hydrogen-bond acceptors (Lipinski definition) is 7. The summed E-state index contributed by atoms with van der Waals surface area (Å²) < 4.78 is 5.83. The van der Waals surface area contributed by atoms with E-state index >= 15 is 0 Å². The first kappa shape index (κ1) is 20.8. The van der Waals surface area contributed by atoms with E-state index in [-0.39, 0.29) is 5.82 Å². The summed E-state index contributed by atoms with van der Waals surface area (Å²) in [5, 5.41) is 26.5. The number of aliphatic carboxylic acids is 2. The Hall–Kier alpha value is -2.52. The van der Waals surface area contributed by atoms with Crippen molar-refractivity contribution in [1.82, 2.24) is 20.9 Å². The number of nitrogens with one attached hydrogen (secondary N) is 3. The Morgan fingerprint density at radius 1 is 1.07 bits per heavy atom. The van der Waals surface area contributed by atoms with Gasteiger partial charge in [0.25, 0.3) is 0 Å². The van der Waals surface area contributed by atoms with Gasteiger partial charge in [-0.15, -0.1) is 0 Å². The second-order valence-corrected chi connectivity index (χ2v) is 6.42. The van der Waals surface area contributed by atoms with Crippen LogP contribution in [0.4, 0.5) is 0 Å². The van der Waals surface area contributed by atoms with Gasteiger partial charge in [0.1, 0.15) is 17.3 Å². The largest absolute Gasteiger partial charge is 0.477 e. The summed E-state index contributed by atoms with van der Waals surface area (Å²) >= 11 is 0. The number of carboxylic acids is 2. The Bertz CT molecular complexity index is 648. The van der Waals surface area contributed by atoms with Crippen molar-refractivity contribution in [3.63, 3.8) is 0 Å². The van der Waals surface area contributed by atoms with Gasteiger partial charge in [0.2, 0.25) is 0 Å². The van der Waals surface area contributed by atoms with Gasteiger partial charge in [-0.1, -0.05) is 6.42 Å². The standard InChI is InChI=1S/C18H28N4O5/c1-19-16(15(17(23)24)18(25)26)21-8-7-20-11-13-5-6-14(27-13)12-22-9-3-2-4-10-22/h5-6,19-21H,2-4,7-12H2,1H3,(H,23,24)(H,25,26). The molecule has 9 heteroatoms. The molecule has 1 aromatic heterocycles. The minimum absolute atomic E-state index is 0.0291. The summed E-state index contributed by atoms with van der Waals surface area (Å²) in [5.74, 6) is -1.23. The molecular formula is C18H28N4O5. The van der Waals surface area contributed by atoms with Gasteiger partial charge < -0.3 is 30.6 Å². The molecule has 150 valence electrons. The molecule has 1 aliphatic heterocycles.